The van der Waals surface area contributed by atoms with Gasteiger partial charge in [-0.05, 0) is 48.1 Å². The van der Waals surface area contributed by atoms with E-state index >= 15 is 0 Å². The molecule has 0 aliphatic rings. The van der Waals surface area contributed by atoms with Crippen LogP contribution in [0.2, 0.25) is 0 Å². The average Bonchev–Trinajstić information content (AvgIpc) is 2.91. The Morgan fingerprint density at radius 3 is 2.68 bits per heavy atom. The van der Waals surface area contributed by atoms with E-state index in [0.29, 0.717) is 16.7 Å². The third kappa shape index (κ3) is 1.95. The Bertz CT molecular complexity index is 1060. The molecular weight excluding hydrogens is 271 g/mol. The van der Waals surface area contributed by atoms with Gasteiger partial charge in [0.25, 0.3) is 0 Å². The zero-order valence-electron chi connectivity index (χ0n) is 11.6. The number of fused-ring (bicyclic) bond motifs is 3. The molecule has 0 aliphatic heterocycles. The summed E-state index contributed by atoms with van der Waals surface area (Å²) in [6, 6.07) is 19.1. The minimum absolute atomic E-state index is 0.494. The number of benzene rings is 2. The highest BCUT2D eigenvalue weighted by Crippen LogP contribution is 2.32. The van der Waals surface area contributed by atoms with Crippen LogP contribution in [0.15, 0.2) is 59.0 Å². The van der Waals surface area contributed by atoms with Crippen molar-refractivity contribution >= 4 is 35.4 Å². The molecule has 0 atom stereocenters. The van der Waals surface area contributed by atoms with E-state index in [2.05, 4.69) is 11.1 Å². The standard InChI is InChI=1S/C18H9BN2O/c19-18-3-1-2-15(21-18)12-5-7-16-14(9-12)13-6-4-11(10-20)8-17(13)22-16/h1-9H. The van der Waals surface area contributed by atoms with Crippen molar-refractivity contribution < 1.29 is 4.42 Å². The molecule has 0 saturated carbocycles. The minimum atomic E-state index is 0.494. The molecule has 0 N–H and O–H groups in total. The molecule has 0 fully saturated rings. The van der Waals surface area contributed by atoms with Gasteiger partial charge in [0.15, 0.2) is 0 Å². The quantitative estimate of drug-likeness (QED) is 0.502. The SMILES string of the molecule is [B]c1cccc(-c2ccc3oc4cc(C#N)ccc4c3c2)n1. The van der Waals surface area contributed by atoms with Crippen molar-refractivity contribution in [3.63, 3.8) is 0 Å². The Balaban J connectivity index is 1.97. The first-order valence-electron chi connectivity index (χ1n) is 6.84. The van der Waals surface area contributed by atoms with Crippen LogP contribution in [0.4, 0.5) is 0 Å². The molecule has 4 aromatic rings. The molecule has 0 saturated heterocycles. The molecule has 0 spiro atoms. The normalized spacial score (nSPS) is 10.9. The number of nitriles is 1. The third-order valence-electron chi connectivity index (χ3n) is 3.67. The van der Waals surface area contributed by atoms with Gasteiger partial charge in [-0.25, -0.2) is 0 Å². The third-order valence-corrected chi connectivity index (χ3v) is 3.67. The lowest BCUT2D eigenvalue weighted by atomic mass is 10.0. The van der Waals surface area contributed by atoms with E-state index in [0.717, 1.165) is 27.6 Å². The first kappa shape index (κ1) is 12.7. The highest BCUT2D eigenvalue weighted by atomic mass is 16.3. The van der Waals surface area contributed by atoms with E-state index < -0.39 is 0 Å². The number of rotatable bonds is 1. The molecule has 0 unspecified atom stereocenters. The van der Waals surface area contributed by atoms with Gasteiger partial charge in [0.2, 0.25) is 0 Å². The maximum absolute atomic E-state index is 8.98. The first-order valence-corrected chi connectivity index (χ1v) is 6.84. The van der Waals surface area contributed by atoms with Gasteiger partial charge >= 0.3 is 0 Å². The molecule has 2 aromatic carbocycles. The Morgan fingerprint density at radius 2 is 1.86 bits per heavy atom. The maximum atomic E-state index is 8.98. The number of hydrogen-bond donors (Lipinski definition) is 0. The summed E-state index contributed by atoms with van der Waals surface area (Å²) in [5.74, 6) is 0. The van der Waals surface area contributed by atoms with Crippen LogP contribution in [0.3, 0.4) is 0 Å². The molecule has 3 nitrogen and oxygen atoms in total. The van der Waals surface area contributed by atoms with Gasteiger partial charge in [0.1, 0.15) is 19.0 Å². The van der Waals surface area contributed by atoms with Crippen LogP contribution in [0, 0.1) is 11.3 Å². The molecule has 2 aromatic heterocycles. The van der Waals surface area contributed by atoms with Crippen molar-refractivity contribution in [3.05, 3.63) is 60.2 Å². The average molecular weight is 280 g/mol. The van der Waals surface area contributed by atoms with Crippen LogP contribution in [0.1, 0.15) is 5.56 Å². The molecule has 0 bridgehead atoms. The van der Waals surface area contributed by atoms with Gasteiger partial charge in [-0.2, -0.15) is 5.26 Å². The second-order valence-corrected chi connectivity index (χ2v) is 5.08. The van der Waals surface area contributed by atoms with Crippen molar-refractivity contribution in [2.45, 2.75) is 0 Å². The Hall–Kier alpha value is -3.06. The summed E-state index contributed by atoms with van der Waals surface area (Å²) in [5, 5.41) is 11.0. The highest BCUT2D eigenvalue weighted by molar-refractivity contribution is 6.30. The van der Waals surface area contributed by atoms with E-state index in [9.17, 15) is 0 Å². The highest BCUT2D eigenvalue weighted by Gasteiger charge is 2.09. The maximum Gasteiger partial charge on any atom is 0.141 e. The fraction of sp³-hybridized carbons (Fsp3) is 0. The number of aromatic nitrogens is 1. The van der Waals surface area contributed by atoms with Gasteiger partial charge in [0.05, 0.1) is 17.3 Å². The molecule has 0 amide bonds. The van der Waals surface area contributed by atoms with Gasteiger partial charge in [-0.15, -0.1) is 0 Å². The van der Waals surface area contributed by atoms with Crippen molar-refractivity contribution in [2.24, 2.45) is 0 Å². The van der Waals surface area contributed by atoms with E-state index in [1.54, 1.807) is 18.2 Å². The Morgan fingerprint density at radius 1 is 0.955 bits per heavy atom. The zero-order valence-corrected chi connectivity index (χ0v) is 11.6. The van der Waals surface area contributed by atoms with Crippen LogP contribution in [-0.4, -0.2) is 12.8 Å². The van der Waals surface area contributed by atoms with Crippen LogP contribution in [0.5, 0.6) is 0 Å². The molecule has 4 rings (SSSR count). The zero-order chi connectivity index (χ0) is 15.1. The van der Waals surface area contributed by atoms with Crippen molar-refractivity contribution in [2.75, 3.05) is 0 Å². The number of nitrogens with zero attached hydrogens (tertiary/aromatic N) is 2. The van der Waals surface area contributed by atoms with Gasteiger partial charge < -0.3 is 4.42 Å². The Kier molecular flexibility index (Phi) is 2.73. The monoisotopic (exact) mass is 280 g/mol. The first-order chi connectivity index (χ1) is 10.7. The second kappa shape index (κ2) is 4.75. The topological polar surface area (TPSA) is 49.8 Å². The van der Waals surface area contributed by atoms with E-state index in [1.165, 1.54) is 0 Å². The lowest BCUT2D eigenvalue weighted by Gasteiger charge is -2.02. The van der Waals surface area contributed by atoms with Gasteiger partial charge in [-0.1, -0.05) is 12.1 Å². The molecule has 4 heteroatoms. The van der Waals surface area contributed by atoms with Crippen LogP contribution in [0.25, 0.3) is 33.2 Å². The molecule has 100 valence electrons. The summed E-state index contributed by atoms with van der Waals surface area (Å²) in [7, 11) is 5.75. The van der Waals surface area contributed by atoms with Crippen LogP contribution in [-0.2, 0) is 0 Å². The number of hydrogen-bond acceptors (Lipinski definition) is 3. The number of pyridine rings is 1. The summed E-state index contributed by atoms with van der Waals surface area (Å²) < 4.78 is 5.81. The minimum Gasteiger partial charge on any atom is -0.456 e. The molecule has 2 radical (unpaired) electrons. The summed E-state index contributed by atoms with van der Waals surface area (Å²) in [6.45, 7) is 0. The van der Waals surface area contributed by atoms with E-state index in [-0.39, 0.29) is 0 Å². The van der Waals surface area contributed by atoms with Crippen molar-refractivity contribution in [1.29, 1.82) is 5.26 Å². The number of furan rings is 1. The largest absolute Gasteiger partial charge is 0.456 e. The predicted molar refractivity (Wildman–Crippen MR) is 87.1 cm³/mol. The van der Waals surface area contributed by atoms with E-state index in [1.807, 2.05) is 36.4 Å². The van der Waals surface area contributed by atoms with E-state index in [4.69, 9.17) is 17.5 Å². The fourth-order valence-corrected chi connectivity index (χ4v) is 2.62. The predicted octanol–water partition coefficient (Wildman–Crippen LogP) is 3.31. The lowest BCUT2D eigenvalue weighted by molar-refractivity contribution is 0.669. The second-order valence-electron chi connectivity index (χ2n) is 5.08. The summed E-state index contributed by atoms with van der Waals surface area (Å²) in [4.78, 5) is 4.35. The van der Waals surface area contributed by atoms with Crippen molar-refractivity contribution in [1.82, 2.24) is 4.98 Å². The molecular formula is C18H9BN2O. The van der Waals surface area contributed by atoms with Crippen LogP contribution >= 0.6 is 0 Å². The fourth-order valence-electron chi connectivity index (χ4n) is 2.62. The lowest BCUT2D eigenvalue weighted by Crippen LogP contribution is -2.07. The molecule has 22 heavy (non-hydrogen) atoms. The van der Waals surface area contributed by atoms with Gasteiger partial charge in [-0.3, -0.25) is 4.98 Å². The Labute approximate surface area is 128 Å². The summed E-state index contributed by atoms with van der Waals surface area (Å²) >= 11 is 0. The van der Waals surface area contributed by atoms with Gasteiger partial charge in [0, 0.05) is 16.3 Å². The summed E-state index contributed by atoms with van der Waals surface area (Å²) in [5.41, 5.74) is 4.39. The molecule has 0 aliphatic carbocycles. The van der Waals surface area contributed by atoms with Crippen molar-refractivity contribution in [3.8, 4) is 17.3 Å². The van der Waals surface area contributed by atoms with Crippen LogP contribution < -0.4 is 5.59 Å². The molecule has 2 heterocycles. The summed E-state index contributed by atoms with van der Waals surface area (Å²) in [6.07, 6.45) is 0. The smallest absolute Gasteiger partial charge is 0.141 e.